The highest BCUT2D eigenvalue weighted by molar-refractivity contribution is 5.75. The Hall–Kier alpha value is -3.45. The van der Waals surface area contributed by atoms with Gasteiger partial charge in [0.05, 0.1) is 12.3 Å². The first kappa shape index (κ1) is 31.1. The third-order valence-electron chi connectivity index (χ3n) is 6.74. The maximum atomic E-state index is 12.3. The molecule has 0 radical (unpaired) electrons. The first-order valence-corrected chi connectivity index (χ1v) is 14.5. The van der Waals surface area contributed by atoms with E-state index in [0.717, 1.165) is 72.9 Å². The number of aromatic nitrogens is 2. The number of ether oxygens (including phenoxy) is 3. The van der Waals surface area contributed by atoms with Crippen LogP contribution in [-0.4, -0.2) is 41.4 Å². The van der Waals surface area contributed by atoms with Crippen LogP contribution < -0.4 is 9.47 Å². The van der Waals surface area contributed by atoms with Gasteiger partial charge in [0.25, 0.3) is 0 Å². The summed E-state index contributed by atoms with van der Waals surface area (Å²) in [6.45, 7) is 9.22. The maximum Gasteiger partial charge on any atom is 0.349 e. The molecular weight excluding hydrogens is 504 g/mol. The van der Waals surface area contributed by atoms with Crippen molar-refractivity contribution in [1.82, 2.24) is 9.97 Å². The van der Waals surface area contributed by atoms with Gasteiger partial charge in [0, 0.05) is 24.7 Å². The van der Waals surface area contributed by atoms with Crippen LogP contribution >= 0.6 is 0 Å². The monoisotopic (exact) mass is 548 g/mol. The molecule has 1 N–H and O–H groups in total. The predicted octanol–water partition coefficient (Wildman–Crippen LogP) is 6.85. The van der Waals surface area contributed by atoms with Gasteiger partial charge in [-0.1, -0.05) is 82.5 Å². The lowest BCUT2D eigenvalue weighted by Crippen LogP contribution is -2.20. The Morgan fingerprint density at radius 1 is 0.925 bits per heavy atom. The Bertz CT molecular complexity index is 1200. The normalized spacial score (nSPS) is 11.8. The van der Waals surface area contributed by atoms with E-state index in [1.54, 1.807) is 19.2 Å². The highest BCUT2D eigenvalue weighted by Crippen LogP contribution is 2.35. The van der Waals surface area contributed by atoms with Crippen LogP contribution in [0.25, 0.3) is 0 Å². The van der Waals surface area contributed by atoms with Gasteiger partial charge < -0.3 is 19.3 Å². The van der Waals surface area contributed by atoms with E-state index < -0.39 is 12.1 Å². The van der Waals surface area contributed by atoms with Crippen molar-refractivity contribution in [2.45, 2.75) is 85.2 Å². The van der Waals surface area contributed by atoms with Crippen LogP contribution in [0, 0.1) is 6.92 Å². The predicted molar refractivity (Wildman–Crippen MR) is 157 cm³/mol. The molecule has 40 heavy (non-hydrogen) atoms. The van der Waals surface area contributed by atoms with Crippen molar-refractivity contribution in [2.75, 3.05) is 20.3 Å². The van der Waals surface area contributed by atoms with E-state index in [2.05, 4.69) is 37.9 Å². The zero-order valence-electron chi connectivity index (χ0n) is 24.7. The van der Waals surface area contributed by atoms with E-state index in [-0.39, 0.29) is 0 Å². The van der Waals surface area contributed by atoms with Gasteiger partial charge in [0.15, 0.2) is 0 Å². The number of carboxylic acids is 1. The zero-order valence-corrected chi connectivity index (χ0v) is 24.7. The number of unbranched alkanes of at least 4 members (excludes halogenated alkanes) is 1. The fourth-order valence-corrected chi connectivity index (χ4v) is 4.90. The second-order valence-corrected chi connectivity index (χ2v) is 10.1. The molecular formula is C33H44N2O5. The Labute approximate surface area is 238 Å². The first-order chi connectivity index (χ1) is 19.4. The lowest BCUT2D eigenvalue weighted by molar-refractivity contribution is -0.145. The number of hydrogen-bond acceptors (Lipinski definition) is 6. The SMILES string of the molecule is CCCCc1nc(C)nc(OCCOC)c1Cc1cc(CCC)c(OC(C(=O)O)c2ccccc2)c(CCC)c1. The van der Waals surface area contributed by atoms with E-state index in [1.165, 1.54) is 0 Å². The number of benzene rings is 2. The molecule has 0 amide bonds. The molecule has 7 nitrogen and oxygen atoms in total. The number of carbonyl (C=O) groups is 1. The summed E-state index contributed by atoms with van der Waals surface area (Å²) in [5.74, 6) is 0.993. The van der Waals surface area contributed by atoms with E-state index in [9.17, 15) is 9.90 Å². The molecule has 1 unspecified atom stereocenters. The molecule has 0 saturated heterocycles. The van der Waals surface area contributed by atoms with Crippen LogP contribution in [0.1, 0.15) is 91.9 Å². The Kier molecular flexibility index (Phi) is 12.4. The number of hydrogen-bond donors (Lipinski definition) is 1. The number of rotatable bonds is 17. The molecule has 2 aromatic carbocycles. The minimum Gasteiger partial charge on any atom is -0.478 e. The molecule has 1 heterocycles. The van der Waals surface area contributed by atoms with Crippen LogP contribution in [0.3, 0.4) is 0 Å². The number of nitrogens with zero attached hydrogens (tertiary/aromatic N) is 2. The minimum atomic E-state index is -1.08. The standard InChI is InChI=1S/C33H44N2O5/c1-6-9-17-29-28(32(35-23(4)34-29)39-19-18-38-5)22-24-20-26(13-7-2)30(27(21-24)14-8-3)40-31(33(36)37)25-15-11-10-12-16-25/h10-12,15-16,20-21,31H,6-9,13-14,17-19,22H2,1-5H3,(H,36,37). The first-order valence-electron chi connectivity index (χ1n) is 14.5. The number of aliphatic carboxylic acids is 1. The van der Waals surface area contributed by atoms with Gasteiger partial charge in [-0.25, -0.2) is 9.78 Å². The van der Waals surface area contributed by atoms with Gasteiger partial charge in [-0.3, -0.25) is 0 Å². The van der Waals surface area contributed by atoms with Crippen LogP contribution in [0.15, 0.2) is 42.5 Å². The molecule has 216 valence electrons. The van der Waals surface area contributed by atoms with Crippen molar-refractivity contribution in [3.05, 3.63) is 81.8 Å². The van der Waals surface area contributed by atoms with Crippen molar-refractivity contribution >= 4 is 5.97 Å². The van der Waals surface area contributed by atoms with Crippen LogP contribution in [-0.2, 0) is 35.2 Å². The summed E-state index contributed by atoms with van der Waals surface area (Å²) in [5.41, 5.74) is 5.81. The van der Waals surface area contributed by atoms with Crippen molar-refractivity contribution in [1.29, 1.82) is 0 Å². The Morgan fingerprint density at radius 2 is 1.60 bits per heavy atom. The molecule has 0 saturated carbocycles. The molecule has 1 aromatic heterocycles. The summed E-state index contributed by atoms with van der Waals surface area (Å²) in [7, 11) is 1.66. The molecule has 0 bridgehead atoms. The lowest BCUT2D eigenvalue weighted by atomic mass is 9.93. The molecule has 0 spiro atoms. The van der Waals surface area contributed by atoms with Crippen LogP contribution in [0.5, 0.6) is 11.6 Å². The summed E-state index contributed by atoms with van der Waals surface area (Å²) in [4.78, 5) is 21.8. The fraction of sp³-hybridized carbons (Fsp3) is 0.485. The Morgan fingerprint density at radius 3 is 2.17 bits per heavy atom. The van der Waals surface area contributed by atoms with Crippen LogP contribution in [0.2, 0.25) is 0 Å². The molecule has 0 aliphatic heterocycles. The quantitative estimate of drug-likeness (QED) is 0.184. The Balaban J connectivity index is 2.08. The third-order valence-corrected chi connectivity index (χ3v) is 6.74. The summed E-state index contributed by atoms with van der Waals surface area (Å²) >= 11 is 0. The van der Waals surface area contributed by atoms with Gasteiger partial charge in [-0.2, -0.15) is 4.98 Å². The smallest absolute Gasteiger partial charge is 0.349 e. The summed E-state index contributed by atoms with van der Waals surface area (Å²) in [6.07, 6.45) is 5.90. The fourth-order valence-electron chi connectivity index (χ4n) is 4.90. The number of carboxylic acid groups (broad SMARTS) is 1. The second-order valence-electron chi connectivity index (χ2n) is 10.1. The highest BCUT2D eigenvalue weighted by Gasteiger charge is 2.25. The molecule has 3 aromatic rings. The van der Waals surface area contributed by atoms with Gasteiger partial charge in [-0.15, -0.1) is 0 Å². The number of methoxy groups -OCH3 is 1. The van der Waals surface area contributed by atoms with Gasteiger partial charge in [0.1, 0.15) is 18.2 Å². The van der Waals surface area contributed by atoms with Gasteiger partial charge in [-0.05, 0) is 49.3 Å². The largest absolute Gasteiger partial charge is 0.478 e. The zero-order chi connectivity index (χ0) is 28.9. The van der Waals surface area contributed by atoms with E-state index in [4.69, 9.17) is 19.2 Å². The van der Waals surface area contributed by atoms with E-state index in [1.807, 2.05) is 25.1 Å². The third kappa shape index (κ3) is 8.52. The van der Waals surface area contributed by atoms with Crippen molar-refractivity contribution < 1.29 is 24.1 Å². The van der Waals surface area contributed by atoms with Crippen molar-refractivity contribution in [3.8, 4) is 11.6 Å². The molecule has 3 rings (SSSR count). The average molecular weight is 549 g/mol. The topological polar surface area (TPSA) is 90.8 Å². The lowest BCUT2D eigenvalue weighted by Gasteiger charge is -2.22. The van der Waals surface area contributed by atoms with E-state index >= 15 is 0 Å². The second kappa shape index (κ2) is 16.0. The van der Waals surface area contributed by atoms with Crippen molar-refractivity contribution in [2.24, 2.45) is 0 Å². The molecule has 1 atom stereocenters. The minimum absolute atomic E-state index is 0.415. The van der Waals surface area contributed by atoms with Crippen molar-refractivity contribution in [3.63, 3.8) is 0 Å². The van der Waals surface area contributed by atoms with E-state index in [0.29, 0.717) is 42.7 Å². The van der Waals surface area contributed by atoms with Crippen LogP contribution in [0.4, 0.5) is 0 Å². The molecule has 0 aliphatic rings. The highest BCUT2D eigenvalue weighted by atomic mass is 16.5. The number of aryl methyl sites for hydroxylation is 4. The summed E-state index contributed by atoms with van der Waals surface area (Å²) in [5, 5.41) is 10.1. The molecule has 0 fully saturated rings. The molecule has 0 aliphatic carbocycles. The molecule has 7 heteroatoms. The maximum absolute atomic E-state index is 12.3. The average Bonchev–Trinajstić information content (AvgIpc) is 2.93. The summed E-state index contributed by atoms with van der Waals surface area (Å²) in [6, 6.07) is 13.5. The van der Waals surface area contributed by atoms with Gasteiger partial charge >= 0.3 is 5.97 Å². The summed E-state index contributed by atoms with van der Waals surface area (Å²) < 4.78 is 17.6. The van der Waals surface area contributed by atoms with Gasteiger partial charge in [0.2, 0.25) is 12.0 Å².